The number of carbonyl (C=O) groups excluding carboxylic acids is 2. The van der Waals surface area contributed by atoms with E-state index in [2.05, 4.69) is 15.3 Å². The molecule has 0 aromatic carbocycles. The molecule has 0 radical (unpaired) electrons. The highest BCUT2D eigenvalue weighted by molar-refractivity contribution is 6.07. The molecule has 2 rings (SSSR count). The molecule has 0 saturated heterocycles. The second-order valence-electron chi connectivity index (χ2n) is 5.64. The number of carbonyl (C=O) groups is 2. The number of aryl methyl sites for hydroxylation is 2. The first kappa shape index (κ1) is 17.7. The van der Waals surface area contributed by atoms with E-state index < -0.39 is 5.97 Å². The third kappa shape index (κ3) is 3.29. The predicted octanol–water partition coefficient (Wildman–Crippen LogP) is 2.48. The molecular formula is C17H22N4O3. The van der Waals surface area contributed by atoms with Crippen molar-refractivity contribution in [2.45, 2.75) is 34.6 Å². The van der Waals surface area contributed by atoms with Crippen molar-refractivity contribution in [1.29, 1.82) is 0 Å². The van der Waals surface area contributed by atoms with Gasteiger partial charge >= 0.3 is 5.97 Å². The zero-order valence-electron chi connectivity index (χ0n) is 14.9. The largest absolute Gasteiger partial charge is 0.461 e. The van der Waals surface area contributed by atoms with Crippen LogP contribution in [0.5, 0.6) is 0 Å². The lowest BCUT2D eigenvalue weighted by molar-refractivity contribution is 0.0514. The Hall–Kier alpha value is -2.70. The van der Waals surface area contributed by atoms with Crippen LogP contribution < -0.4 is 5.32 Å². The molecule has 2 aromatic rings. The van der Waals surface area contributed by atoms with Crippen molar-refractivity contribution in [3.8, 4) is 0 Å². The molecule has 2 heterocycles. The summed E-state index contributed by atoms with van der Waals surface area (Å²) in [6.07, 6.45) is 0. The molecule has 0 saturated carbocycles. The van der Waals surface area contributed by atoms with Gasteiger partial charge in [0.15, 0.2) is 0 Å². The van der Waals surface area contributed by atoms with Gasteiger partial charge in [-0.05, 0) is 46.2 Å². The maximum atomic E-state index is 12.7. The number of esters is 1. The van der Waals surface area contributed by atoms with E-state index in [9.17, 15) is 9.59 Å². The van der Waals surface area contributed by atoms with Crippen LogP contribution in [0.1, 0.15) is 50.4 Å². The van der Waals surface area contributed by atoms with Gasteiger partial charge in [0.25, 0.3) is 5.91 Å². The molecule has 0 aliphatic rings. The fourth-order valence-corrected chi connectivity index (χ4v) is 2.75. The Balaban J connectivity index is 2.39. The summed E-state index contributed by atoms with van der Waals surface area (Å²) >= 11 is 0. The fourth-order valence-electron chi connectivity index (χ4n) is 2.75. The van der Waals surface area contributed by atoms with Crippen LogP contribution in [-0.4, -0.2) is 33.0 Å². The summed E-state index contributed by atoms with van der Waals surface area (Å²) < 4.78 is 6.74. The molecule has 0 unspecified atom stereocenters. The molecule has 0 spiro atoms. The average Bonchev–Trinajstić information content (AvgIpc) is 2.68. The van der Waals surface area contributed by atoms with Gasteiger partial charge in [0.05, 0.1) is 12.2 Å². The second kappa shape index (κ2) is 6.82. The zero-order valence-corrected chi connectivity index (χ0v) is 14.9. The number of nitrogens with zero attached hydrogens (tertiary/aromatic N) is 3. The standard InChI is InChI=1S/C17H22N4O3/c1-7-24-16(23)14-11(4)13(12(5)21(14)6)15(22)20-17-18-9(2)8-10(3)19-17/h8H,7H2,1-6H3,(H,18,19,20,22). The SMILES string of the molecule is CCOC(=O)c1c(C)c(C(=O)Nc2nc(C)cc(C)n2)c(C)n1C. The van der Waals surface area contributed by atoms with Crippen molar-refractivity contribution in [1.82, 2.24) is 14.5 Å². The second-order valence-corrected chi connectivity index (χ2v) is 5.64. The highest BCUT2D eigenvalue weighted by Crippen LogP contribution is 2.23. The average molecular weight is 330 g/mol. The Morgan fingerprint density at radius 1 is 1.17 bits per heavy atom. The molecular weight excluding hydrogens is 308 g/mol. The first-order chi connectivity index (χ1) is 11.3. The molecule has 0 aliphatic heterocycles. The highest BCUT2D eigenvalue weighted by Gasteiger charge is 2.26. The lowest BCUT2D eigenvalue weighted by atomic mass is 10.1. The molecule has 7 heteroatoms. The lowest BCUT2D eigenvalue weighted by Crippen LogP contribution is -2.16. The molecule has 2 aromatic heterocycles. The zero-order chi connectivity index (χ0) is 18.0. The maximum absolute atomic E-state index is 12.7. The molecule has 0 bridgehead atoms. The van der Waals surface area contributed by atoms with Crippen molar-refractivity contribution in [2.75, 3.05) is 11.9 Å². The summed E-state index contributed by atoms with van der Waals surface area (Å²) in [7, 11) is 1.73. The Labute approximate surface area is 141 Å². The normalized spacial score (nSPS) is 10.6. The Bertz CT molecular complexity index is 788. The number of ether oxygens (including phenoxy) is 1. The first-order valence-electron chi connectivity index (χ1n) is 7.72. The number of aromatic nitrogens is 3. The van der Waals surface area contributed by atoms with Crippen molar-refractivity contribution in [3.63, 3.8) is 0 Å². The predicted molar refractivity (Wildman–Crippen MR) is 90.3 cm³/mol. The summed E-state index contributed by atoms with van der Waals surface area (Å²) in [4.78, 5) is 33.2. The number of rotatable bonds is 4. The van der Waals surface area contributed by atoms with Crippen LogP contribution >= 0.6 is 0 Å². The summed E-state index contributed by atoms with van der Waals surface area (Å²) in [6.45, 7) is 9.21. The van der Waals surface area contributed by atoms with Crippen molar-refractivity contribution in [2.24, 2.45) is 7.05 Å². The number of nitrogens with one attached hydrogen (secondary N) is 1. The number of amides is 1. The number of hydrogen-bond donors (Lipinski definition) is 1. The van der Waals surface area contributed by atoms with Crippen molar-refractivity contribution >= 4 is 17.8 Å². The summed E-state index contributed by atoms with van der Waals surface area (Å²) in [5.41, 5.74) is 3.61. The van der Waals surface area contributed by atoms with Gasteiger partial charge in [0.1, 0.15) is 5.69 Å². The van der Waals surface area contributed by atoms with E-state index in [1.165, 1.54) is 0 Å². The van der Waals surface area contributed by atoms with Gasteiger partial charge in [-0.1, -0.05) is 0 Å². The number of anilines is 1. The van der Waals surface area contributed by atoms with Gasteiger partial charge in [-0.2, -0.15) is 0 Å². The van der Waals surface area contributed by atoms with Gasteiger partial charge in [-0.15, -0.1) is 0 Å². The van der Waals surface area contributed by atoms with E-state index in [0.717, 1.165) is 11.4 Å². The third-order valence-electron chi connectivity index (χ3n) is 3.83. The molecule has 0 fully saturated rings. The van der Waals surface area contributed by atoms with E-state index in [4.69, 9.17) is 4.74 Å². The monoisotopic (exact) mass is 330 g/mol. The van der Waals surface area contributed by atoms with E-state index in [1.807, 2.05) is 19.9 Å². The summed E-state index contributed by atoms with van der Waals surface area (Å²) in [5.74, 6) is -0.540. The molecule has 0 aliphatic carbocycles. The van der Waals surface area contributed by atoms with Crippen LogP contribution in [0.25, 0.3) is 0 Å². The molecule has 7 nitrogen and oxygen atoms in total. The quantitative estimate of drug-likeness (QED) is 0.870. The van der Waals surface area contributed by atoms with E-state index >= 15 is 0 Å². The Kier molecular flexibility index (Phi) is 5.02. The topological polar surface area (TPSA) is 86.1 Å². The van der Waals surface area contributed by atoms with Crippen LogP contribution in [0.4, 0.5) is 5.95 Å². The van der Waals surface area contributed by atoms with Crippen LogP contribution in [0.2, 0.25) is 0 Å². The van der Waals surface area contributed by atoms with Crippen LogP contribution in [0.15, 0.2) is 6.07 Å². The molecule has 128 valence electrons. The highest BCUT2D eigenvalue weighted by atomic mass is 16.5. The van der Waals surface area contributed by atoms with Gasteiger partial charge in [0, 0.05) is 24.1 Å². The maximum Gasteiger partial charge on any atom is 0.355 e. The van der Waals surface area contributed by atoms with E-state index in [-0.39, 0.29) is 18.5 Å². The minimum Gasteiger partial charge on any atom is -0.461 e. The van der Waals surface area contributed by atoms with Crippen molar-refractivity contribution in [3.05, 3.63) is 40.0 Å². The number of hydrogen-bond acceptors (Lipinski definition) is 5. The fraction of sp³-hybridized carbons (Fsp3) is 0.412. The minimum absolute atomic E-state index is 0.248. The van der Waals surface area contributed by atoms with E-state index in [0.29, 0.717) is 22.5 Å². The minimum atomic E-state index is -0.442. The van der Waals surface area contributed by atoms with Gasteiger partial charge in [0.2, 0.25) is 5.95 Å². The van der Waals surface area contributed by atoms with Gasteiger partial charge in [-0.3, -0.25) is 10.1 Å². The van der Waals surface area contributed by atoms with Gasteiger partial charge in [-0.25, -0.2) is 14.8 Å². The van der Waals surface area contributed by atoms with Crippen molar-refractivity contribution < 1.29 is 14.3 Å². The molecule has 1 amide bonds. The molecule has 1 N–H and O–H groups in total. The first-order valence-corrected chi connectivity index (χ1v) is 7.72. The molecule has 0 atom stereocenters. The summed E-state index contributed by atoms with van der Waals surface area (Å²) in [6, 6.07) is 1.83. The van der Waals surface area contributed by atoms with Crippen LogP contribution in [0.3, 0.4) is 0 Å². The third-order valence-corrected chi connectivity index (χ3v) is 3.83. The Morgan fingerprint density at radius 2 is 1.75 bits per heavy atom. The van der Waals surface area contributed by atoms with Crippen LogP contribution in [0, 0.1) is 27.7 Å². The Morgan fingerprint density at radius 3 is 2.29 bits per heavy atom. The molecule has 24 heavy (non-hydrogen) atoms. The smallest absolute Gasteiger partial charge is 0.355 e. The summed E-state index contributed by atoms with van der Waals surface area (Å²) in [5, 5.41) is 2.71. The van der Waals surface area contributed by atoms with E-state index in [1.54, 1.807) is 32.4 Å². The lowest BCUT2D eigenvalue weighted by Gasteiger charge is -2.06. The van der Waals surface area contributed by atoms with Gasteiger partial charge < -0.3 is 9.30 Å². The van der Waals surface area contributed by atoms with Crippen LogP contribution in [-0.2, 0) is 11.8 Å².